The lowest BCUT2D eigenvalue weighted by Crippen LogP contribution is -2.15. The van der Waals surface area contributed by atoms with Crippen molar-refractivity contribution in [3.05, 3.63) is 65.6 Å². The number of rotatable bonds is 3. The topological polar surface area (TPSA) is 46.4 Å². The van der Waals surface area contributed by atoms with E-state index in [4.69, 9.17) is 0 Å². The Morgan fingerprint density at radius 1 is 1.27 bits per heavy atom. The van der Waals surface area contributed by atoms with Crippen LogP contribution >= 0.6 is 0 Å². The highest BCUT2D eigenvalue weighted by Crippen LogP contribution is 2.43. The highest BCUT2D eigenvalue weighted by Gasteiger charge is 2.26. The fourth-order valence-corrected chi connectivity index (χ4v) is 2.82. The van der Waals surface area contributed by atoms with E-state index in [1.54, 1.807) is 6.20 Å². The van der Waals surface area contributed by atoms with Gasteiger partial charge in [0.15, 0.2) is 0 Å². The van der Waals surface area contributed by atoms with Gasteiger partial charge in [0.25, 0.3) is 5.91 Å². The third-order valence-electron chi connectivity index (χ3n) is 4.12. The molecule has 1 aliphatic carbocycles. The summed E-state index contributed by atoms with van der Waals surface area (Å²) in [5.41, 5.74) is 4.65. The molecule has 0 aliphatic heterocycles. The van der Waals surface area contributed by atoms with E-state index < -0.39 is 0 Å². The molecule has 1 saturated carbocycles. The Labute approximate surface area is 128 Å². The maximum Gasteiger partial charge on any atom is 0.274 e. The van der Waals surface area contributed by atoms with E-state index in [0.717, 1.165) is 16.9 Å². The first kappa shape index (κ1) is 13.1. The van der Waals surface area contributed by atoms with Crippen LogP contribution in [0.5, 0.6) is 0 Å². The molecule has 0 unspecified atom stereocenters. The summed E-state index contributed by atoms with van der Waals surface area (Å²) < 4.78 is 1.81. The second kappa shape index (κ2) is 4.98. The van der Waals surface area contributed by atoms with E-state index in [9.17, 15) is 4.79 Å². The molecule has 1 N–H and O–H groups in total. The van der Waals surface area contributed by atoms with Gasteiger partial charge in [-0.15, -0.1) is 0 Å². The van der Waals surface area contributed by atoms with Crippen LogP contribution in [0.3, 0.4) is 0 Å². The van der Waals surface area contributed by atoms with Crippen molar-refractivity contribution in [2.45, 2.75) is 25.7 Å². The second-order valence-corrected chi connectivity index (χ2v) is 5.89. The zero-order valence-electron chi connectivity index (χ0n) is 12.4. The molecule has 4 nitrogen and oxygen atoms in total. The zero-order chi connectivity index (χ0) is 15.1. The van der Waals surface area contributed by atoms with Crippen molar-refractivity contribution in [2.24, 2.45) is 0 Å². The number of pyridine rings is 1. The van der Waals surface area contributed by atoms with Gasteiger partial charge in [-0.3, -0.25) is 9.20 Å². The highest BCUT2D eigenvalue weighted by atomic mass is 16.1. The van der Waals surface area contributed by atoms with E-state index >= 15 is 0 Å². The van der Waals surface area contributed by atoms with Crippen LogP contribution in [0.25, 0.3) is 5.65 Å². The highest BCUT2D eigenvalue weighted by molar-refractivity contribution is 6.04. The van der Waals surface area contributed by atoms with Crippen LogP contribution in [-0.4, -0.2) is 15.3 Å². The lowest BCUT2D eigenvalue weighted by molar-refractivity contribution is 0.102. The third kappa shape index (κ3) is 2.26. The molecule has 1 aromatic carbocycles. The molecule has 2 heterocycles. The standard InChI is InChI=1S/C18H17N3O/c1-12-5-8-14(13-6-7-13)15(10-12)20-18(22)16-11-19-17-4-2-3-9-21(16)17/h2-5,8-11,13H,6-7H2,1H3,(H,20,22). The van der Waals surface area contributed by atoms with Crippen molar-refractivity contribution in [3.8, 4) is 0 Å². The SMILES string of the molecule is Cc1ccc(C2CC2)c(NC(=O)c2cnc3ccccn23)c1. The first-order chi connectivity index (χ1) is 10.7. The van der Waals surface area contributed by atoms with Crippen molar-refractivity contribution < 1.29 is 4.79 Å². The summed E-state index contributed by atoms with van der Waals surface area (Å²) in [5.74, 6) is 0.476. The molecule has 3 aromatic rings. The van der Waals surface area contributed by atoms with E-state index in [1.165, 1.54) is 18.4 Å². The Morgan fingerprint density at radius 3 is 2.95 bits per heavy atom. The summed E-state index contributed by atoms with van der Waals surface area (Å²) in [6, 6.07) is 12.0. The fraction of sp³-hybridized carbons (Fsp3) is 0.222. The summed E-state index contributed by atoms with van der Waals surface area (Å²) in [6.07, 6.45) is 5.90. The van der Waals surface area contributed by atoms with Crippen LogP contribution in [0, 0.1) is 6.92 Å². The van der Waals surface area contributed by atoms with Crippen LogP contribution in [0.15, 0.2) is 48.8 Å². The van der Waals surface area contributed by atoms with Crippen LogP contribution in [0.4, 0.5) is 5.69 Å². The van der Waals surface area contributed by atoms with Gasteiger partial charge in [-0.25, -0.2) is 4.98 Å². The van der Waals surface area contributed by atoms with Crippen molar-refractivity contribution in [1.82, 2.24) is 9.38 Å². The van der Waals surface area contributed by atoms with Gasteiger partial charge in [-0.2, -0.15) is 0 Å². The quantitative estimate of drug-likeness (QED) is 0.798. The number of anilines is 1. The van der Waals surface area contributed by atoms with Crippen LogP contribution in [0.1, 0.15) is 40.4 Å². The Morgan fingerprint density at radius 2 is 2.14 bits per heavy atom. The maximum absolute atomic E-state index is 12.6. The molecule has 2 aromatic heterocycles. The first-order valence-corrected chi connectivity index (χ1v) is 7.56. The predicted molar refractivity (Wildman–Crippen MR) is 86.3 cm³/mol. The predicted octanol–water partition coefficient (Wildman–Crippen LogP) is 3.77. The van der Waals surface area contributed by atoms with Gasteiger partial charge < -0.3 is 5.32 Å². The molecule has 0 saturated heterocycles. The van der Waals surface area contributed by atoms with Crippen LogP contribution < -0.4 is 5.32 Å². The monoisotopic (exact) mass is 291 g/mol. The van der Waals surface area contributed by atoms with Gasteiger partial charge in [0, 0.05) is 11.9 Å². The Kier molecular flexibility index (Phi) is 2.96. The number of hydrogen-bond donors (Lipinski definition) is 1. The fourth-order valence-electron chi connectivity index (χ4n) is 2.82. The lowest BCUT2D eigenvalue weighted by Gasteiger charge is -2.11. The second-order valence-electron chi connectivity index (χ2n) is 5.89. The number of hydrogen-bond acceptors (Lipinski definition) is 2. The maximum atomic E-state index is 12.6. The molecule has 0 atom stereocenters. The summed E-state index contributed by atoms with van der Waals surface area (Å²) >= 11 is 0. The van der Waals surface area contributed by atoms with Crippen LogP contribution in [-0.2, 0) is 0 Å². The molecule has 22 heavy (non-hydrogen) atoms. The number of nitrogens with zero attached hydrogens (tertiary/aromatic N) is 2. The summed E-state index contributed by atoms with van der Waals surface area (Å²) in [6.45, 7) is 2.04. The molecule has 1 aliphatic rings. The van der Waals surface area contributed by atoms with E-state index in [0.29, 0.717) is 11.6 Å². The molecule has 4 rings (SSSR count). The molecular formula is C18H17N3O. The minimum absolute atomic E-state index is 0.119. The molecule has 110 valence electrons. The van der Waals surface area contributed by atoms with Gasteiger partial charge in [0.2, 0.25) is 0 Å². The normalized spacial score (nSPS) is 14.2. The number of imidazole rings is 1. The number of aryl methyl sites for hydroxylation is 1. The summed E-state index contributed by atoms with van der Waals surface area (Å²) in [5, 5.41) is 3.07. The van der Waals surface area contributed by atoms with Crippen LogP contribution in [0.2, 0.25) is 0 Å². The summed E-state index contributed by atoms with van der Waals surface area (Å²) in [7, 11) is 0. The third-order valence-corrected chi connectivity index (χ3v) is 4.12. The van der Waals surface area contributed by atoms with E-state index in [-0.39, 0.29) is 5.91 Å². The number of carbonyl (C=O) groups is 1. The average molecular weight is 291 g/mol. The number of amides is 1. The molecule has 0 radical (unpaired) electrons. The number of benzene rings is 1. The largest absolute Gasteiger partial charge is 0.320 e. The van der Waals surface area contributed by atoms with Gasteiger partial charge in [0.05, 0.1) is 6.20 Å². The number of carbonyl (C=O) groups excluding carboxylic acids is 1. The van der Waals surface area contributed by atoms with E-state index in [1.807, 2.05) is 35.7 Å². The molecular weight excluding hydrogens is 274 g/mol. The minimum Gasteiger partial charge on any atom is -0.320 e. The van der Waals surface area contributed by atoms with Crippen molar-refractivity contribution in [3.63, 3.8) is 0 Å². The van der Waals surface area contributed by atoms with Gasteiger partial charge >= 0.3 is 0 Å². The number of fused-ring (bicyclic) bond motifs is 1. The lowest BCUT2D eigenvalue weighted by atomic mass is 10.1. The van der Waals surface area contributed by atoms with Gasteiger partial charge in [-0.05, 0) is 55.0 Å². The Balaban J connectivity index is 1.69. The van der Waals surface area contributed by atoms with Gasteiger partial charge in [-0.1, -0.05) is 18.2 Å². The number of nitrogens with one attached hydrogen (secondary N) is 1. The van der Waals surface area contributed by atoms with Crippen molar-refractivity contribution in [1.29, 1.82) is 0 Å². The van der Waals surface area contributed by atoms with E-state index in [2.05, 4.69) is 28.5 Å². The molecule has 1 fully saturated rings. The summed E-state index contributed by atoms with van der Waals surface area (Å²) in [4.78, 5) is 16.9. The smallest absolute Gasteiger partial charge is 0.274 e. The minimum atomic E-state index is -0.119. The molecule has 4 heteroatoms. The van der Waals surface area contributed by atoms with Gasteiger partial charge in [0.1, 0.15) is 11.3 Å². The van der Waals surface area contributed by atoms with Crippen molar-refractivity contribution >= 4 is 17.2 Å². The average Bonchev–Trinajstić information content (AvgIpc) is 3.26. The Hall–Kier alpha value is -2.62. The molecule has 0 spiro atoms. The molecule has 0 bridgehead atoms. The number of aromatic nitrogens is 2. The van der Waals surface area contributed by atoms with Crippen molar-refractivity contribution in [2.75, 3.05) is 5.32 Å². The first-order valence-electron chi connectivity index (χ1n) is 7.56. The Bertz CT molecular complexity index is 862. The molecule has 1 amide bonds. The zero-order valence-corrected chi connectivity index (χ0v) is 12.4.